The Balaban J connectivity index is 0. The lowest BCUT2D eigenvalue weighted by atomic mass is 11.0. The van der Waals surface area contributed by atoms with E-state index in [1.807, 2.05) is 14.1 Å². The number of nitrogens with two attached hydrogens (primary N) is 1. The minimum Gasteiger partial charge on any atom is -0.385 e. The highest BCUT2D eigenvalue weighted by Crippen LogP contribution is 1.84. The van der Waals surface area contributed by atoms with Gasteiger partial charge in [-0.2, -0.15) is 0 Å². The highest BCUT2D eigenvalue weighted by atomic mass is 32.1. The van der Waals surface area contributed by atoms with Crippen molar-refractivity contribution in [1.29, 1.82) is 0 Å². The van der Waals surface area contributed by atoms with Crippen molar-refractivity contribution in [2.24, 2.45) is 5.73 Å². The van der Waals surface area contributed by atoms with Crippen molar-refractivity contribution >= 4 is 58.3 Å². The van der Waals surface area contributed by atoms with Crippen LogP contribution in [0.2, 0.25) is 0 Å². The van der Waals surface area contributed by atoms with Gasteiger partial charge < -0.3 is 10.6 Å². The van der Waals surface area contributed by atoms with Gasteiger partial charge in [-0.3, -0.25) is 0 Å². The van der Waals surface area contributed by atoms with Crippen LogP contribution in [0.4, 0.5) is 0 Å². The number of thiol groups is 2. The van der Waals surface area contributed by atoms with E-state index in [1.54, 1.807) is 4.90 Å². The fourth-order valence-electron chi connectivity index (χ4n) is 0. The standard InChI is InChI=1S/C3H7NS2.CH3NS2/c1-4(2)3(5)6;2-1(3)4/h1-2H3,(H,5,6);(H3,2,3,4). The second-order valence-electron chi connectivity index (χ2n) is 1.52. The van der Waals surface area contributed by atoms with Crippen LogP contribution in [0.1, 0.15) is 0 Å². The van der Waals surface area contributed by atoms with Crippen LogP contribution in [0, 0.1) is 0 Å². The smallest absolute Gasteiger partial charge is 0.132 e. The summed E-state index contributed by atoms with van der Waals surface area (Å²) in [6.07, 6.45) is 0. The normalized spacial score (nSPS) is 7.20. The molecule has 0 unspecified atom stereocenters. The molecule has 0 bridgehead atoms. The molecule has 0 aliphatic heterocycles. The van der Waals surface area contributed by atoms with Gasteiger partial charge in [0.05, 0.1) is 0 Å². The first-order valence-corrected chi connectivity index (χ1v) is 3.97. The maximum Gasteiger partial charge on any atom is 0.132 e. The Kier molecular flexibility index (Phi) is 9.94. The first-order chi connectivity index (χ1) is 4.37. The number of rotatable bonds is 0. The van der Waals surface area contributed by atoms with Gasteiger partial charge in [0.25, 0.3) is 0 Å². The summed E-state index contributed by atoms with van der Waals surface area (Å²) in [6.45, 7) is 0. The zero-order valence-corrected chi connectivity index (χ0v) is 9.16. The molecule has 0 rings (SSSR count). The maximum absolute atomic E-state index is 4.71. The third-order valence-corrected chi connectivity index (χ3v) is 1.15. The van der Waals surface area contributed by atoms with Gasteiger partial charge in [-0.05, 0) is 0 Å². The first kappa shape index (κ1) is 13.1. The molecule has 10 heavy (non-hydrogen) atoms. The zero-order valence-electron chi connectivity index (χ0n) is 5.74. The third kappa shape index (κ3) is 23.6. The van der Waals surface area contributed by atoms with E-state index in [0.717, 1.165) is 0 Å². The van der Waals surface area contributed by atoms with Crippen LogP contribution in [0.25, 0.3) is 0 Å². The Morgan fingerprint density at radius 3 is 1.40 bits per heavy atom. The van der Waals surface area contributed by atoms with E-state index in [0.29, 0.717) is 4.32 Å². The summed E-state index contributed by atoms with van der Waals surface area (Å²) in [4.78, 5) is 1.76. The molecule has 0 aromatic heterocycles. The minimum atomic E-state index is 0.194. The van der Waals surface area contributed by atoms with E-state index in [-0.39, 0.29) is 4.32 Å². The van der Waals surface area contributed by atoms with E-state index in [4.69, 9.17) is 5.73 Å². The molecule has 0 heterocycles. The van der Waals surface area contributed by atoms with Crippen molar-refractivity contribution < 1.29 is 0 Å². The Morgan fingerprint density at radius 1 is 1.30 bits per heavy atom. The topological polar surface area (TPSA) is 29.3 Å². The lowest BCUT2D eigenvalue weighted by Crippen LogP contribution is -2.12. The summed E-state index contributed by atoms with van der Waals surface area (Å²) in [7, 11) is 3.71. The fraction of sp³-hybridized carbons (Fsp3) is 0.500. The summed E-state index contributed by atoms with van der Waals surface area (Å²) in [5.74, 6) is 0. The number of thiocarbonyl (C=S) groups is 2. The van der Waals surface area contributed by atoms with Gasteiger partial charge >= 0.3 is 0 Å². The van der Waals surface area contributed by atoms with Crippen LogP contribution < -0.4 is 5.73 Å². The quantitative estimate of drug-likeness (QED) is 0.413. The van der Waals surface area contributed by atoms with E-state index in [9.17, 15) is 0 Å². The summed E-state index contributed by atoms with van der Waals surface area (Å²) < 4.78 is 0.815. The fourth-order valence-corrected chi connectivity index (χ4v) is 0. The van der Waals surface area contributed by atoms with Gasteiger partial charge in [-0.25, -0.2) is 0 Å². The molecule has 0 aliphatic carbocycles. The molecule has 0 aromatic rings. The first-order valence-electron chi connectivity index (χ1n) is 2.26. The van der Waals surface area contributed by atoms with E-state index in [1.165, 1.54) is 0 Å². The second-order valence-corrected chi connectivity index (χ2v) is 3.85. The van der Waals surface area contributed by atoms with Gasteiger partial charge in [0.1, 0.15) is 8.64 Å². The van der Waals surface area contributed by atoms with Crippen molar-refractivity contribution in [2.75, 3.05) is 14.1 Å². The molecule has 0 spiro atoms. The average Bonchev–Trinajstić information content (AvgIpc) is 1.63. The second kappa shape index (κ2) is 7.59. The molecule has 0 amide bonds. The van der Waals surface area contributed by atoms with E-state index in [2.05, 4.69) is 49.7 Å². The lowest BCUT2D eigenvalue weighted by molar-refractivity contribution is 0.648. The molecule has 0 fully saturated rings. The third-order valence-electron chi connectivity index (χ3n) is 0.383. The summed E-state index contributed by atoms with van der Waals surface area (Å²) in [5, 5.41) is 0. The molecule has 0 aromatic carbocycles. The van der Waals surface area contributed by atoms with Crippen LogP contribution in [-0.4, -0.2) is 27.6 Å². The Labute approximate surface area is 83.0 Å². The van der Waals surface area contributed by atoms with Crippen LogP contribution in [0.3, 0.4) is 0 Å². The molecular formula is C4H10N2S4. The van der Waals surface area contributed by atoms with Gasteiger partial charge in [-0.1, -0.05) is 24.4 Å². The van der Waals surface area contributed by atoms with Crippen LogP contribution in [-0.2, 0) is 0 Å². The lowest BCUT2D eigenvalue weighted by Gasteiger charge is -2.05. The molecule has 0 radical (unpaired) electrons. The van der Waals surface area contributed by atoms with Gasteiger partial charge in [-0.15, -0.1) is 25.3 Å². The van der Waals surface area contributed by atoms with Crippen molar-refractivity contribution in [1.82, 2.24) is 4.90 Å². The molecule has 60 valence electrons. The van der Waals surface area contributed by atoms with Crippen LogP contribution >= 0.6 is 49.7 Å². The average molecular weight is 214 g/mol. The molecule has 2 N–H and O–H groups in total. The van der Waals surface area contributed by atoms with Crippen molar-refractivity contribution in [3.05, 3.63) is 0 Å². The van der Waals surface area contributed by atoms with Crippen LogP contribution in [0.15, 0.2) is 0 Å². The number of hydrogen-bond acceptors (Lipinski definition) is 2. The van der Waals surface area contributed by atoms with Gasteiger partial charge in [0, 0.05) is 14.1 Å². The Hall–Kier alpha value is 0.480. The summed E-state index contributed by atoms with van der Waals surface area (Å²) >= 11 is 16.1. The Bertz CT molecular complexity index is 118. The van der Waals surface area contributed by atoms with E-state index >= 15 is 0 Å². The molecule has 0 atom stereocenters. The SMILES string of the molecule is CN(C)C(=S)S.NC(=S)S. The highest BCUT2D eigenvalue weighted by molar-refractivity contribution is 8.11. The van der Waals surface area contributed by atoms with Crippen molar-refractivity contribution in [2.45, 2.75) is 0 Å². The van der Waals surface area contributed by atoms with E-state index < -0.39 is 0 Å². The largest absolute Gasteiger partial charge is 0.385 e. The van der Waals surface area contributed by atoms with Crippen molar-refractivity contribution in [3.63, 3.8) is 0 Å². The molecule has 2 nitrogen and oxygen atoms in total. The predicted octanol–water partition coefficient (Wildman–Crippen LogP) is 0.922. The molecule has 0 aliphatic rings. The van der Waals surface area contributed by atoms with Crippen LogP contribution in [0.5, 0.6) is 0 Å². The molecule has 0 saturated heterocycles. The predicted molar refractivity (Wildman–Crippen MR) is 61.0 cm³/mol. The minimum absolute atomic E-state index is 0.194. The summed E-state index contributed by atoms with van der Waals surface area (Å²) in [6, 6.07) is 0. The maximum atomic E-state index is 4.71. The summed E-state index contributed by atoms with van der Waals surface area (Å²) in [5.41, 5.74) is 4.71. The molecule has 6 heteroatoms. The number of nitrogens with zero attached hydrogens (tertiary/aromatic N) is 1. The Morgan fingerprint density at radius 2 is 1.40 bits per heavy atom. The zero-order chi connectivity index (χ0) is 8.73. The highest BCUT2D eigenvalue weighted by Gasteiger charge is 1.83. The number of hydrogen-bond donors (Lipinski definition) is 3. The monoisotopic (exact) mass is 214 g/mol. The van der Waals surface area contributed by atoms with Gasteiger partial charge in [0.15, 0.2) is 0 Å². The molecular weight excluding hydrogens is 204 g/mol. The van der Waals surface area contributed by atoms with Gasteiger partial charge in [0.2, 0.25) is 0 Å². The van der Waals surface area contributed by atoms with Crippen molar-refractivity contribution in [3.8, 4) is 0 Å². The molecule has 0 saturated carbocycles.